The molecule has 0 N–H and O–H groups in total. The number of likely N-dealkylation sites (N-methyl/N-ethyl adjacent to an activating group) is 1. The summed E-state index contributed by atoms with van der Waals surface area (Å²) in [5.74, 6) is 1.38. The minimum Gasteiger partial charge on any atom is -0.342 e. The average molecular weight is 281 g/mol. The Balaban J connectivity index is 1.74. The van der Waals surface area contributed by atoms with Crippen LogP contribution >= 0.6 is 0 Å². The van der Waals surface area contributed by atoms with E-state index in [0.29, 0.717) is 18.4 Å². The van der Waals surface area contributed by atoms with Crippen LogP contribution in [0.5, 0.6) is 0 Å². The fraction of sp³-hybridized carbons (Fsp3) is 0.867. The van der Waals surface area contributed by atoms with Gasteiger partial charge < -0.3 is 9.80 Å². The predicted molar refractivity (Wildman–Crippen MR) is 78.2 cm³/mol. The highest BCUT2D eigenvalue weighted by molar-refractivity contribution is 5.82. The van der Waals surface area contributed by atoms with E-state index in [-0.39, 0.29) is 11.8 Å². The summed E-state index contributed by atoms with van der Waals surface area (Å²) in [4.78, 5) is 30.2. The van der Waals surface area contributed by atoms with Crippen LogP contribution in [0.4, 0.5) is 0 Å². The number of carbonyl (C=O) groups is 2. The van der Waals surface area contributed by atoms with Gasteiger partial charge in [-0.1, -0.05) is 6.92 Å². The number of amides is 2. The van der Waals surface area contributed by atoms with Crippen LogP contribution in [0.2, 0.25) is 0 Å². The van der Waals surface area contributed by atoms with Gasteiger partial charge in [0.05, 0.1) is 6.54 Å². The van der Waals surface area contributed by atoms with Crippen molar-refractivity contribution in [1.29, 1.82) is 0 Å². The molecule has 1 aliphatic heterocycles. The maximum absolute atomic E-state index is 12.1. The van der Waals surface area contributed by atoms with Gasteiger partial charge in [0.15, 0.2) is 0 Å². The second-order valence-corrected chi connectivity index (χ2v) is 5.99. The van der Waals surface area contributed by atoms with Crippen LogP contribution in [-0.2, 0) is 9.59 Å². The molecule has 0 aromatic carbocycles. The Labute approximate surface area is 121 Å². The Kier molecular flexibility index (Phi) is 5.02. The summed E-state index contributed by atoms with van der Waals surface area (Å²) >= 11 is 0. The van der Waals surface area contributed by atoms with E-state index in [1.165, 1.54) is 0 Å². The highest BCUT2D eigenvalue weighted by Crippen LogP contribution is 2.39. The smallest absolute Gasteiger partial charge is 0.236 e. The summed E-state index contributed by atoms with van der Waals surface area (Å²) in [6.07, 6.45) is 1.06. The van der Waals surface area contributed by atoms with Gasteiger partial charge in [0.25, 0.3) is 0 Å². The third-order valence-corrected chi connectivity index (χ3v) is 4.59. The first-order valence-corrected chi connectivity index (χ1v) is 7.85. The number of carbonyl (C=O) groups excluding carboxylic acids is 2. The fourth-order valence-corrected chi connectivity index (χ4v) is 2.89. The third kappa shape index (κ3) is 3.51. The molecule has 2 unspecified atom stereocenters. The SMILES string of the molecule is CCN(CC)C(=O)CN1CCN(C(=O)C2CC2C)CC1. The Bertz CT molecular complexity index is 360. The van der Waals surface area contributed by atoms with Crippen molar-refractivity contribution in [1.82, 2.24) is 14.7 Å². The van der Waals surface area contributed by atoms with Crippen LogP contribution in [0, 0.1) is 11.8 Å². The molecule has 114 valence electrons. The van der Waals surface area contributed by atoms with Gasteiger partial charge in [-0.3, -0.25) is 14.5 Å². The van der Waals surface area contributed by atoms with Crippen molar-refractivity contribution in [3.63, 3.8) is 0 Å². The van der Waals surface area contributed by atoms with Crippen molar-refractivity contribution >= 4 is 11.8 Å². The van der Waals surface area contributed by atoms with E-state index in [0.717, 1.165) is 45.7 Å². The van der Waals surface area contributed by atoms with Gasteiger partial charge in [0.2, 0.25) is 11.8 Å². The van der Waals surface area contributed by atoms with Crippen molar-refractivity contribution in [3.8, 4) is 0 Å². The van der Waals surface area contributed by atoms with E-state index >= 15 is 0 Å². The van der Waals surface area contributed by atoms with E-state index in [1.54, 1.807) is 0 Å². The van der Waals surface area contributed by atoms with Crippen molar-refractivity contribution in [2.45, 2.75) is 27.2 Å². The first-order valence-electron chi connectivity index (χ1n) is 7.85. The van der Waals surface area contributed by atoms with Gasteiger partial charge in [-0.25, -0.2) is 0 Å². The molecule has 20 heavy (non-hydrogen) atoms. The van der Waals surface area contributed by atoms with Crippen LogP contribution < -0.4 is 0 Å². The monoisotopic (exact) mass is 281 g/mol. The number of hydrogen-bond donors (Lipinski definition) is 0. The maximum Gasteiger partial charge on any atom is 0.236 e. The van der Waals surface area contributed by atoms with E-state index < -0.39 is 0 Å². The molecule has 2 amide bonds. The van der Waals surface area contributed by atoms with E-state index in [2.05, 4.69) is 11.8 Å². The topological polar surface area (TPSA) is 43.9 Å². The quantitative estimate of drug-likeness (QED) is 0.743. The minimum atomic E-state index is 0.200. The Hall–Kier alpha value is -1.10. The summed E-state index contributed by atoms with van der Waals surface area (Å²) in [6.45, 7) is 11.4. The lowest BCUT2D eigenvalue weighted by Crippen LogP contribution is -2.52. The van der Waals surface area contributed by atoms with Crippen LogP contribution in [0.3, 0.4) is 0 Å². The second-order valence-electron chi connectivity index (χ2n) is 5.99. The van der Waals surface area contributed by atoms with Crippen molar-refractivity contribution in [2.24, 2.45) is 11.8 Å². The van der Waals surface area contributed by atoms with Gasteiger partial charge in [-0.15, -0.1) is 0 Å². The standard InChI is InChI=1S/C15H27N3O2/c1-4-17(5-2)14(19)11-16-6-8-18(9-7-16)15(20)13-10-12(13)3/h12-13H,4-11H2,1-3H3. The molecule has 1 saturated heterocycles. The molecule has 2 rings (SSSR count). The molecule has 2 atom stereocenters. The van der Waals surface area contributed by atoms with Gasteiger partial charge in [0.1, 0.15) is 0 Å². The van der Waals surface area contributed by atoms with E-state index in [4.69, 9.17) is 0 Å². The molecule has 0 bridgehead atoms. The number of rotatable bonds is 5. The van der Waals surface area contributed by atoms with E-state index in [1.807, 2.05) is 23.6 Å². The summed E-state index contributed by atoms with van der Waals surface area (Å²) < 4.78 is 0. The summed E-state index contributed by atoms with van der Waals surface area (Å²) in [5.41, 5.74) is 0. The lowest BCUT2D eigenvalue weighted by Gasteiger charge is -2.35. The molecule has 0 aromatic heterocycles. The first kappa shape index (κ1) is 15.3. The molecule has 0 radical (unpaired) electrons. The molecule has 2 fully saturated rings. The molecule has 1 heterocycles. The zero-order valence-corrected chi connectivity index (χ0v) is 13.0. The van der Waals surface area contributed by atoms with Crippen molar-refractivity contribution < 1.29 is 9.59 Å². The highest BCUT2D eigenvalue weighted by atomic mass is 16.2. The lowest BCUT2D eigenvalue weighted by molar-refractivity contribution is -0.136. The van der Waals surface area contributed by atoms with Crippen molar-refractivity contribution in [3.05, 3.63) is 0 Å². The van der Waals surface area contributed by atoms with Gasteiger partial charge in [0, 0.05) is 45.2 Å². The Morgan fingerprint density at radius 1 is 1.10 bits per heavy atom. The molecule has 5 heteroatoms. The summed E-state index contributed by atoms with van der Waals surface area (Å²) in [7, 11) is 0. The lowest BCUT2D eigenvalue weighted by atomic mass is 10.2. The normalized spacial score (nSPS) is 26.4. The molecule has 2 aliphatic rings. The molecular weight excluding hydrogens is 254 g/mol. The second kappa shape index (κ2) is 6.57. The van der Waals surface area contributed by atoms with Crippen LogP contribution in [0.15, 0.2) is 0 Å². The van der Waals surface area contributed by atoms with Crippen molar-refractivity contribution in [2.75, 3.05) is 45.8 Å². The largest absolute Gasteiger partial charge is 0.342 e. The summed E-state index contributed by atoms with van der Waals surface area (Å²) in [6, 6.07) is 0. The molecule has 1 saturated carbocycles. The molecular formula is C15H27N3O2. The Morgan fingerprint density at radius 3 is 2.10 bits per heavy atom. The third-order valence-electron chi connectivity index (χ3n) is 4.59. The zero-order chi connectivity index (χ0) is 14.7. The highest BCUT2D eigenvalue weighted by Gasteiger charge is 2.42. The van der Waals surface area contributed by atoms with E-state index in [9.17, 15) is 9.59 Å². The molecule has 0 spiro atoms. The van der Waals surface area contributed by atoms with Gasteiger partial charge in [-0.05, 0) is 26.2 Å². The summed E-state index contributed by atoms with van der Waals surface area (Å²) in [5, 5.41) is 0. The number of piperazine rings is 1. The molecule has 5 nitrogen and oxygen atoms in total. The van der Waals surface area contributed by atoms with Crippen LogP contribution in [-0.4, -0.2) is 72.3 Å². The number of hydrogen-bond acceptors (Lipinski definition) is 3. The molecule has 1 aliphatic carbocycles. The predicted octanol–water partition coefficient (Wildman–Crippen LogP) is 0.655. The first-order chi connectivity index (χ1) is 9.56. The zero-order valence-electron chi connectivity index (χ0n) is 13.0. The minimum absolute atomic E-state index is 0.200. The van der Waals surface area contributed by atoms with Crippen LogP contribution in [0.25, 0.3) is 0 Å². The molecule has 0 aromatic rings. The fourth-order valence-electron chi connectivity index (χ4n) is 2.89. The van der Waals surface area contributed by atoms with Gasteiger partial charge in [-0.2, -0.15) is 0 Å². The number of nitrogens with zero attached hydrogens (tertiary/aromatic N) is 3. The Morgan fingerprint density at radius 2 is 1.65 bits per heavy atom. The maximum atomic E-state index is 12.1. The van der Waals surface area contributed by atoms with Gasteiger partial charge >= 0.3 is 0 Å². The average Bonchev–Trinajstić information content (AvgIpc) is 3.17. The van der Waals surface area contributed by atoms with Crippen LogP contribution in [0.1, 0.15) is 27.2 Å².